The minimum atomic E-state index is -3.90. The number of methoxy groups -OCH3 is 1. The van der Waals surface area contributed by atoms with Crippen molar-refractivity contribution in [3.8, 4) is 5.75 Å². The Kier molecular flexibility index (Phi) is 3.42. The highest BCUT2D eigenvalue weighted by Crippen LogP contribution is 2.26. The van der Waals surface area contributed by atoms with Gasteiger partial charge >= 0.3 is 0 Å². The minimum Gasteiger partial charge on any atom is -0.495 e. The van der Waals surface area contributed by atoms with Crippen molar-refractivity contribution in [1.82, 2.24) is 8.96 Å². The van der Waals surface area contributed by atoms with E-state index in [1.807, 2.05) is 0 Å². The Morgan fingerprint density at radius 1 is 1.18 bits per heavy atom. The number of aldehydes is 1. The van der Waals surface area contributed by atoms with Crippen LogP contribution in [0.2, 0.25) is 0 Å². The number of aromatic nitrogens is 2. The molecule has 22 heavy (non-hydrogen) atoms. The second-order valence-electron chi connectivity index (χ2n) is 4.56. The van der Waals surface area contributed by atoms with Crippen molar-refractivity contribution in [2.24, 2.45) is 0 Å². The van der Waals surface area contributed by atoms with Crippen LogP contribution in [0.15, 0.2) is 53.6 Å². The first-order valence-electron chi connectivity index (χ1n) is 6.39. The maximum Gasteiger partial charge on any atom is 0.270 e. The van der Waals surface area contributed by atoms with Gasteiger partial charge < -0.3 is 4.74 Å². The lowest BCUT2D eigenvalue weighted by Crippen LogP contribution is -2.15. The van der Waals surface area contributed by atoms with E-state index in [-0.39, 0.29) is 16.2 Å². The molecule has 0 aliphatic rings. The molecule has 0 N–H and O–H groups in total. The molecule has 3 aromatic rings. The zero-order chi connectivity index (χ0) is 15.7. The summed E-state index contributed by atoms with van der Waals surface area (Å²) in [5.41, 5.74) is 0.200. The number of rotatable bonds is 4. The van der Waals surface area contributed by atoms with E-state index in [2.05, 4.69) is 4.98 Å². The van der Waals surface area contributed by atoms with Gasteiger partial charge in [0.05, 0.1) is 23.9 Å². The molecule has 0 bridgehead atoms. The Bertz CT molecular complexity index is 946. The Morgan fingerprint density at radius 2 is 1.91 bits per heavy atom. The molecule has 0 saturated carbocycles. The molecule has 2 heterocycles. The Labute approximate surface area is 127 Å². The smallest absolute Gasteiger partial charge is 0.270 e. The molecule has 112 valence electrons. The van der Waals surface area contributed by atoms with Crippen LogP contribution in [-0.2, 0) is 10.0 Å². The zero-order valence-electron chi connectivity index (χ0n) is 11.6. The highest BCUT2D eigenvalue weighted by atomic mass is 32.2. The number of hydrogen-bond donors (Lipinski definition) is 0. The van der Waals surface area contributed by atoms with Crippen LogP contribution in [0, 0.1) is 0 Å². The van der Waals surface area contributed by atoms with Crippen molar-refractivity contribution >= 4 is 27.3 Å². The molecule has 0 aliphatic heterocycles. The third-order valence-corrected chi connectivity index (χ3v) is 4.97. The van der Waals surface area contributed by atoms with Crippen molar-refractivity contribution in [1.29, 1.82) is 0 Å². The van der Waals surface area contributed by atoms with Crippen molar-refractivity contribution in [3.05, 3.63) is 54.4 Å². The SMILES string of the molecule is COc1cnc2c(c1)cc(C=O)n2S(=O)(=O)c1ccccc1. The average Bonchev–Trinajstić information content (AvgIpc) is 2.93. The molecule has 7 heteroatoms. The van der Waals surface area contributed by atoms with Gasteiger partial charge in [0.1, 0.15) is 5.75 Å². The zero-order valence-corrected chi connectivity index (χ0v) is 12.4. The third-order valence-electron chi connectivity index (χ3n) is 3.24. The summed E-state index contributed by atoms with van der Waals surface area (Å²) in [6.07, 6.45) is 1.91. The molecule has 0 unspecified atom stereocenters. The number of pyridine rings is 1. The van der Waals surface area contributed by atoms with Gasteiger partial charge in [-0.3, -0.25) is 4.79 Å². The molecule has 0 saturated heterocycles. The van der Waals surface area contributed by atoms with Crippen molar-refractivity contribution in [3.63, 3.8) is 0 Å². The van der Waals surface area contributed by atoms with Crippen LogP contribution in [-0.4, -0.2) is 30.8 Å². The first-order chi connectivity index (χ1) is 10.6. The monoisotopic (exact) mass is 316 g/mol. The van der Waals surface area contributed by atoms with Crippen LogP contribution in [0.3, 0.4) is 0 Å². The molecule has 2 aromatic heterocycles. The van der Waals surface area contributed by atoms with Gasteiger partial charge in [0.2, 0.25) is 0 Å². The van der Waals surface area contributed by atoms with E-state index < -0.39 is 10.0 Å². The number of ether oxygens (including phenoxy) is 1. The van der Waals surface area contributed by atoms with Crippen LogP contribution in [0.25, 0.3) is 11.0 Å². The maximum absolute atomic E-state index is 12.8. The Hall–Kier alpha value is -2.67. The van der Waals surface area contributed by atoms with Crippen LogP contribution in [0.5, 0.6) is 5.75 Å². The van der Waals surface area contributed by atoms with Crippen molar-refractivity contribution in [2.75, 3.05) is 7.11 Å². The second-order valence-corrected chi connectivity index (χ2v) is 6.34. The summed E-state index contributed by atoms with van der Waals surface area (Å²) in [5.74, 6) is 0.485. The van der Waals surface area contributed by atoms with E-state index in [0.717, 1.165) is 3.97 Å². The standard InChI is InChI=1S/C15H12N2O4S/c1-21-13-8-11-7-12(10-18)17(15(11)16-9-13)22(19,20)14-5-3-2-4-6-14/h2-10H,1H3. The molecule has 6 nitrogen and oxygen atoms in total. The molecule has 3 rings (SSSR count). The molecular formula is C15H12N2O4S. The normalized spacial score (nSPS) is 11.5. The Balaban J connectivity index is 2.32. The molecular weight excluding hydrogens is 304 g/mol. The minimum absolute atomic E-state index is 0.0135. The van der Waals surface area contributed by atoms with E-state index in [0.29, 0.717) is 17.4 Å². The van der Waals surface area contributed by atoms with Crippen LogP contribution >= 0.6 is 0 Å². The largest absolute Gasteiger partial charge is 0.495 e. The van der Waals surface area contributed by atoms with Crippen LogP contribution in [0.1, 0.15) is 10.5 Å². The predicted octanol–water partition coefficient (Wildman–Crippen LogP) is 2.09. The number of fused-ring (bicyclic) bond motifs is 1. The fourth-order valence-electron chi connectivity index (χ4n) is 2.21. The van der Waals surface area contributed by atoms with Gasteiger partial charge in [0.25, 0.3) is 10.0 Å². The molecule has 0 fully saturated rings. The van der Waals surface area contributed by atoms with Crippen LogP contribution < -0.4 is 4.74 Å². The Morgan fingerprint density at radius 3 is 2.55 bits per heavy atom. The first kappa shape index (κ1) is 14.3. The molecule has 0 amide bonds. The van der Waals surface area contributed by atoms with E-state index in [1.165, 1.54) is 31.5 Å². The molecule has 1 aromatic carbocycles. The van der Waals surface area contributed by atoms with Gasteiger partial charge in [-0.1, -0.05) is 18.2 Å². The van der Waals surface area contributed by atoms with E-state index in [4.69, 9.17) is 4.74 Å². The van der Waals surface area contributed by atoms with Gasteiger partial charge in [-0.15, -0.1) is 0 Å². The third kappa shape index (κ3) is 2.15. The highest BCUT2D eigenvalue weighted by Gasteiger charge is 2.23. The summed E-state index contributed by atoms with van der Waals surface area (Å²) in [5, 5.41) is 0.515. The van der Waals surface area contributed by atoms with Gasteiger partial charge in [-0.05, 0) is 24.3 Å². The number of carbonyl (C=O) groups is 1. The van der Waals surface area contributed by atoms with Gasteiger partial charge in [-0.2, -0.15) is 0 Å². The fraction of sp³-hybridized carbons (Fsp3) is 0.0667. The highest BCUT2D eigenvalue weighted by molar-refractivity contribution is 7.90. The van der Waals surface area contributed by atoms with E-state index >= 15 is 0 Å². The summed E-state index contributed by atoms with van der Waals surface area (Å²) in [6.45, 7) is 0. The quantitative estimate of drug-likeness (QED) is 0.689. The maximum atomic E-state index is 12.8. The molecule has 0 radical (unpaired) electrons. The molecule has 0 spiro atoms. The van der Waals surface area contributed by atoms with Gasteiger partial charge in [0.15, 0.2) is 11.9 Å². The number of hydrogen-bond acceptors (Lipinski definition) is 5. The summed E-state index contributed by atoms with van der Waals surface area (Å²) in [6, 6.07) is 11.0. The van der Waals surface area contributed by atoms with E-state index in [9.17, 15) is 13.2 Å². The topological polar surface area (TPSA) is 78.3 Å². The average molecular weight is 316 g/mol. The lowest BCUT2D eigenvalue weighted by atomic mass is 10.3. The number of benzene rings is 1. The summed E-state index contributed by atoms with van der Waals surface area (Å²) in [4.78, 5) is 15.5. The van der Waals surface area contributed by atoms with Crippen molar-refractivity contribution < 1.29 is 17.9 Å². The number of carbonyl (C=O) groups excluding carboxylic acids is 1. The molecule has 0 atom stereocenters. The van der Waals surface area contributed by atoms with E-state index in [1.54, 1.807) is 24.3 Å². The van der Waals surface area contributed by atoms with Crippen LogP contribution in [0.4, 0.5) is 0 Å². The molecule has 0 aliphatic carbocycles. The predicted molar refractivity (Wildman–Crippen MR) is 80.7 cm³/mol. The summed E-state index contributed by atoms with van der Waals surface area (Å²) >= 11 is 0. The second kappa shape index (κ2) is 5.27. The summed E-state index contributed by atoms with van der Waals surface area (Å²) in [7, 11) is -2.42. The van der Waals surface area contributed by atoms with Gasteiger partial charge in [0, 0.05) is 5.39 Å². The first-order valence-corrected chi connectivity index (χ1v) is 7.83. The van der Waals surface area contributed by atoms with Crippen molar-refractivity contribution in [2.45, 2.75) is 4.90 Å². The lowest BCUT2D eigenvalue weighted by Gasteiger charge is -2.08. The number of nitrogens with zero attached hydrogens (tertiary/aromatic N) is 2. The van der Waals surface area contributed by atoms with Gasteiger partial charge in [-0.25, -0.2) is 17.4 Å². The fourth-order valence-corrected chi connectivity index (χ4v) is 3.68. The lowest BCUT2D eigenvalue weighted by molar-refractivity contribution is 0.111. The summed E-state index contributed by atoms with van der Waals surface area (Å²) < 4.78 is 31.6.